The van der Waals surface area contributed by atoms with Crippen molar-refractivity contribution in [3.63, 3.8) is 0 Å². The Morgan fingerprint density at radius 1 is 0.218 bits per heavy atom. The molecule has 0 aliphatic heterocycles. The summed E-state index contributed by atoms with van der Waals surface area (Å²) in [5.74, 6) is 0. The molecule has 12 aromatic carbocycles. The first kappa shape index (κ1) is 44.5. The predicted octanol–water partition coefficient (Wildman–Crippen LogP) is 19.7. The van der Waals surface area contributed by atoms with Gasteiger partial charge in [-0.15, -0.1) is 0 Å². The van der Waals surface area contributed by atoms with E-state index in [0.29, 0.717) is 0 Å². The Hall–Kier alpha value is -9.76. The van der Waals surface area contributed by atoms with Gasteiger partial charge in [0.25, 0.3) is 0 Å². The highest BCUT2D eigenvalue weighted by Crippen LogP contribution is 2.52. The number of hydrogen-bond acceptors (Lipinski definition) is 0. The molecule has 366 valence electrons. The van der Waals surface area contributed by atoms with Crippen LogP contribution in [0, 0.1) is 0 Å². The number of aryl methyl sites for hydroxylation is 4. The van der Waals surface area contributed by atoms with Crippen LogP contribution in [0.15, 0.2) is 267 Å². The second-order valence-electron chi connectivity index (χ2n) is 21.4. The van der Waals surface area contributed by atoms with Crippen molar-refractivity contribution in [3.8, 4) is 89.3 Å². The van der Waals surface area contributed by atoms with Gasteiger partial charge >= 0.3 is 0 Å². The summed E-state index contributed by atoms with van der Waals surface area (Å²) >= 11 is 0. The molecule has 0 N–H and O–H groups in total. The molecule has 16 rings (SSSR count). The van der Waals surface area contributed by atoms with Gasteiger partial charge in [-0.2, -0.15) is 0 Å². The molecular weight excluding hydrogens is 941 g/mol. The number of rotatable bonds is 8. The summed E-state index contributed by atoms with van der Waals surface area (Å²) in [7, 11) is 0. The van der Waals surface area contributed by atoms with Gasteiger partial charge < -0.3 is 9.13 Å². The monoisotopic (exact) mass is 992 g/mol. The number of benzene rings is 12. The van der Waals surface area contributed by atoms with E-state index in [1.54, 1.807) is 0 Å². The molecule has 0 fully saturated rings. The Kier molecular flexibility index (Phi) is 10.2. The summed E-state index contributed by atoms with van der Waals surface area (Å²) in [5, 5.41) is 5.27. The van der Waals surface area contributed by atoms with Gasteiger partial charge in [0, 0.05) is 32.9 Å². The first-order chi connectivity index (χ1) is 38.7. The van der Waals surface area contributed by atoms with Crippen LogP contribution < -0.4 is 0 Å². The summed E-state index contributed by atoms with van der Waals surface area (Å²) in [5.41, 5.74) is 30.8. The Morgan fingerprint density at radius 3 is 0.821 bits per heavy atom. The molecule has 2 aliphatic carbocycles. The van der Waals surface area contributed by atoms with Crippen LogP contribution in [-0.4, -0.2) is 9.13 Å². The van der Waals surface area contributed by atoms with E-state index in [-0.39, 0.29) is 0 Å². The lowest BCUT2D eigenvalue weighted by atomic mass is 9.74. The number of nitrogens with zero attached hydrogens (tertiary/aromatic N) is 2. The summed E-state index contributed by atoms with van der Waals surface area (Å²) in [4.78, 5) is 0. The Labute approximate surface area is 454 Å². The highest BCUT2D eigenvalue weighted by molar-refractivity contribution is 6.17. The smallest absolute Gasteiger partial charge is 0.0579 e. The predicted molar refractivity (Wildman–Crippen MR) is 328 cm³/mol. The molecule has 78 heavy (non-hydrogen) atoms. The molecule has 0 saturated heterocycles. The molecule has 2 aliphatic rings. The molecule has 2 heterocycles. The maximum absolute atomic E-state index is 2.63. The van der Waals surface area contributed by atoms with Crippen LogP contribution in [0.3, 0.4) is 0 Å². The van der Waals surface area contributed by atoms with Crippen LogP contribution in [0.25, 0.3) is 133 Å². The zero-order valence-electron chi connectivity index (χ0n) is 43.1. The van der Waals surface area contributed by atoms with Crippen LogP contribution in [0.2, 0.25) is 0 Å². The maximum atomic E-state index is 2.63. The molecule has 2 heteroatoms. The molecule has 0 amide bonds. The fraction of sp³-hybridized carbons (Fsp3) is 0.0526. The van der Waals surface area contributed by atoms with Crippen molar-refractivity contribution >= 4 is 43.6 Å². The van der Waals surface area contributed by atoms with Gasteiger partial charge in [0.15, 0.2) is 0 Å². The lowest BCUT2D eigenvalue weighted by Gasteiger charge is -2.31. The lowest BCUT2D eigenvalue weighted by molar-refractivity contribution is 0.883. The van der Waals surface area contributed by atoms with Crippen molar-refractivity contribution in [2.24, 2.45) is 0 Å². The number of hydrogen-bond donors (Lipinski definition) is 0. The molecule has 2 nitrogen and oxygen atoms in total. The SMILES string of the molecule is c1ccc(-c2cc(-c3ccccc3)cc(-n3c4ccc(-c5ccccc5)cc4c4cc5c6c(c43)CCc3cc4c7cc(-c8ccccc8)ccc7n(-c7cc(-c8ccccc8)cc(-c8ccccc8)c7)c4c(c3-6)CC5)c2)cc1. The van der Waals surface area contributed by atoms with Gasteiger partial charge in [0.2, 0.25) is 0 Å². The molecular formula is C76H52N2. The Morgan fingerprint density at radius 2 is 0.513 bits per heavy atom. The minimum Gasteiger partial charge on any atom is -0.309 e. The average Bonchev–Trinajstić information content (AvgIpc) is 4.18. The molecule has 0 radical (unpaired) electrons. The second-order valence-corrected chi connectivity index (χ2v) is 21.4. The summed E-state index contributed by atoms with van der Waals surface area (Å²) < 4.78 is 5.27. The Bertz CT molecular complexity index is 4250. The van der Waals surface area contributed by atoms with Crippen molar-refractivity contribution < 1.29 is 0 Å². The maximum Gasteiger partial charge on any atom is 0.0579 e. The molecule has 0 bridgehead atoms. The van der Waals surface area contributed by atoms with Gasteiger partial charge in [-0.05, 0) is 199 Å². The third-order valence-electron chi connectivity index (χ3n) is 17.0. The standard InChI is InChI=1S/C76H52N2/c1-7-19-49(20-8-1)55-33-37-71-67(45-55)69-47-57-31-36-66-74-58(32-35-65(73(57)74)75(69)77(71)63-41-59(51-23-11-3-12-24-51)39-60(42-63)52-25-13-4-14-26-52)48-70-68-46-56(50-21-9-2-10-22-50)34-38-72(68)78(76(66)70)64-43-61(53-27-15-5-16-28-53)40-62(44-64)54-29-17-6-18-30-54/h1-30,33-34,37-48H,31-32,35-36H2. The van der Waals surface area contributed by atoms with Crippen LogP contribution in [-0.2, 0) is 25.7 Å². The van der Waals surface area contributed by atoms with Crippen LogP contribution >= 0.6 is 0 Å². The zero-order chi connectivity index (χ0) is 51.3. The fourth-order valence-electron chi connectivity index (χ4n) is 13.5. The van der Waals surface area contributed by atoms with E-state index in [1.807, 2.05) is 0 Å². The van der Waals surface area contributed by atoms with Crippen molar-refractivity contribution in [2.75, 3.05) is 0 Å². The van der Waals surface area contributed by atoms with Crippen molar-refractivity contribution in [1.29, 1.82) is 0 Å². The minimum absolute atomic E-state index is 0.955. The van der Waals surface area contributed by atoms with E-state index < -0.39 is 0 Å². The zero-order valence-corrected chi connectivity index (χ0v) is 43.1. The Balaban J connectivity index is 0.998. The van der Waals surface area contributed by atoms with E-state index in [4.69, 9.17) is 0 Å². The minimum atomic E-state index is 0.955. The molecule has 0 atom stereocenters. The molecule has 0 saturated carbocycles. The third-order valence-corrected chi connectivity index (χ3v) is 17.0. The molecule has 14 aromatic rings. The third kappa shape index (κ3) is 7.17. The van der Waals surface area contributed by atoms with Crippen LogP contribution in [0.1, 0.15) is 22.3 Å². The topological polar surface area (TPSA) is 9.86 Å². The first-order valence-corrected chi connectivity index (χ1v) is 27.6. The fourth-order valence-corrected chi connectivity index (χ4v) is 13.5. The van der Waals surface area contributed by atoms with Crippen LogP contribution in [0.4, 0.5) is 0 Å². The summed E-state index contributed by atoms with van der Waals surface area (Å²) in [6, 6.07) is 99.5. The molecule has 0 unspecified atom stereocenters. The first-order valence-electron chi connectivity index (χ1n) is 27.6. The van der Waals surface area contributed by atoms with Gasteiger partial charge in [-0.25, -0.2) is 0 Å². The van der Waals surface area contributed by atoms with Crippen molar-refractivity contribution in [3.05, 3.63) is 289 Å². The van der Waals surface area contributed by atoms with Gasteiger partial charge in [-0.1, -0.05) is 194 Å². The van der Waals surface area contributed by atoms with E-state index in [9.17, 15) is 0 Å². The lowest BCUT2D eigenvalue weighted by Crippen LogP contribution is -2.16. The largest absolute Gasteiger partial charge is 0.309 e. The number of aromatic nitrogens is 2. The summed E-state index contributed by atoms with van der Waals surface area (Å²) in [6.45, 7) is 0. The van der Waals surface area contributed by atoms with Gasteiger partial charge in [0.1, 0.15) is 0 Å². The normalized spacial score (nSPS) is 12.7. The van der Waals surface area contributed by atoms with Gasteiger partial charge in [0.05, 0.1) is 22.1 Å². The summed E-state index contributed by atoms with van der Waals surface area (Å²) in [6.07, 6.45) is 3.84. The van der Waals surface area contributed by atoms with E-state index >= 15 is 0 Å². The highest BCUT2D eigenvalue weighted by atomic mass is 15.0. The van der Waals surface area contributed by atoms with E-state index in [1.165, 1.54) is 155 Å². The van der Waals surface area contributed by atoms with Gasteiger partial charge in [-0.3, -0.25) is 0 Å². The number of fused-ring (bicyclic) bond motifs is 8. The molecule has 0 spiro atoms. The van der Waals surface area contributed by atoms with Crippen molar-refractivity contribution in [1.82, 2.24) is 9.13 Å². The second kappa shape index (κ2) is 17.9. The average molecular weight is 993 g/mol. The quantitative estimate of drug-likeness (QED) is 0.144. The van der Waals surface area contributed by atoms with E-state index in [2.05, 4.69) is 276 Å². The molecule has 2 aromatic heterocycles. The van der Waals surface area contributed by atoms with Crippen molar-refractivity contribution in [2.45, 2.75) is 25.7 Å². The van der Waals surface area contributed by atoms with Crippen LogP contribution in [0.5, 0.6) is 0 Å². The van der Waals surface area contributed by atoms with E-state index in [0.717, 1.165) is 25.7 Å². The highest BCUT2D eigenvalue weighted by Gasteiger charge is 2.33.